The Labute approximate surface area is 159 Å². The molecule has 10 heteroatoms. The van der Waals surface area contributed by atoms with Crippen LogP contribution in [0.5, 0.6) is 0 Å². The molecule has 0 atom stereocenters. The number of carbonyl (C=O) groups is 1. The topological polar surface area (TPSA) is 79.4 Å². The number of amides is 1. The Hall–Kier alpha value is -1.49. The van der Waals surface area contributed by atoms with Gasteiger partial charge in [0.15, 0.2) is 5.13 Å². The molecule has 1 aromatic heterocycles. The first-order valence-corrected chi connectivity index (χ1v) is 11.4. The summed E-state index contributed by atoms with van der Waals surface area (Å²) in [5, 5.41) is 3.07. The van der Waals surface area contributed by atoms with Crippen molar-refractivity contribution in [2.75, 3.05) is 24.7 Å². The van der Waals surface area contributed by atoms with Gasteiger partial charge in [-0.25, -0.2) is 17.8 Å². The van der Waals surface area contributed by atoms with E-state index in [1.807, 2.05) is 13.2 Å². The van der Waals surface area contributed by atoms with E-state index < -0.39 is 26.6 Å². The quantitative estimate of drug-likeness (QED) is 0.758. The van der Waals surface area contributed by atoms with Gasteiger partial charge >= 0.3 is 0 Å². The van der Waals surface area contributed by atoms with Gasteiger partial charge in [-0.1, -0.05) is 11.3 Å². The van der Waals surface area contributed by atoms with Gasteiger partial charge in [-0.2, -0.15) is 4.31 Å². The molecular weight excluding hydrogens is 397 g/mol. The molecule has 0 aliphatic carbocycles. The molecule has 140 valence electrons. The largest absolute Gasteiger partial charge is 0.298 e. The van der Waals surface area contributed by atoms with Crippen molar-refractivity contribution in [3.05, 3.63) is 35.3 Å². The molecule has 3 rings (SSSR count). The zero-order chi connectivity index (χ0) is 18.9. The summed E-state index contributed by atoms with van der Waals surface area (Å²) in [5.41, 5.74) is 0.886. The Morgan fingerprint density at radius 3 is 2.65 bits per heavy atom. The summed E-state index contributed by atoms with van der Waals surface area (Å²) in [6.45, 7) is 2.58. The Bertz CT molecular complexity index is 937. The average molecular weight is 416 g/mol. The summed E-state index contributed by atoms with van der Waals surface area (Å²) >= 11 is 2.87. The zero-order valence-corrected chi connectivity index (χ0v) is 16.7. The van der Waals surface area contributed by atoms with Gasteiger partial charge in [-0.05, 0) is 44.2 Å². The molecule has 2 aromatic rings. The number of nitrogens with one attached hydrogen (secondary N) is 1. The third-order valence-corrected chi connectivity index (χ3v) is 8.23. The molecule has 2 heterocycles. The van der Waals surface area contributed by atoms with Crippen molar-refractivity contribution in [2.45, 2.75) is 28.9 Å². The SMILES string of the molecule is CSc1sc(NC(=O)c2ccc(F)c(S(=O)(=O)N3CCCC3)c2)nc1C. The maximum atomic E-state index is 14.2. The third-order valence-electron chi connectivity index (χ3n) is 4.04. The van der Waals surface area contributed by atoms with Crippen LogP contribution >= 0.6 is 23.1 Å². The van der Waals surface area contributed by atoms with Crippen LogP contribution in [0.15, 0.2) is 27.3 Å². The van der Waals surface area contributed by atoms with Gasteiger partial charge in [0.2, 0.25) is 10.0 Å². The van der Waals surface area contributed by atoms with Crippen molar-refractivity contribution in [2.24, 2.45) is 0 Å². The molecule has 0 saturated carbocycles. The minimum atomic E-state index is -3.94. The maximum Gasteiger partial charge on any atom is 0.257 e. The molecule has 1 aliphatic rings. The van der Waals surface area contributed by atoms with E-state index in [0.717, 1.165) is 34.9 Å². The molecule has 0 spiro atoms. The van der Waals surface area contributed by atoms with Crippen LogP contribution in [0, 0.1) is 12.7 Å². The summed E-state index contributed by atoms with van der Waals surface area (Å²) in [6.07, 6.45) is 3.42. The lowest BCUT2D eigenvalue weighted by Crippen LogP contribution is -2.29. The summed E-state index contributed by atoms with van der Waals surface area (Å²) < 4.78 is 41.6. The Morgan fingerprint density at radius 2 is 2.04 bits per heavy atom. The fourth-order valence-corrected chi connectivity index (χ4v) is 5.92. The Balaban J connectivity index is 1.87. The van der Waals surface area contributed by atoms with Gasteiger partial charge in [0.25, 0.3) is 5.91 Å². The minimum absolute atomic E-state index is 0.0720. The Kier molecular flexibility index (Phi) is 5.66. The summed E-state index contributed by atoms with van der Waals surface area (Å²) in [6, 6.07) is 3.37. The Morgan fingerprint density at radius 1 is 1.35 bits per heavy atom. The smallest absolute Gasteiger partial charge is 0.257 e. The average Bonchev–Trinajstić information content (AvgIpc) is 3.25. The number of thiazole rings is 1. The molecule has 0 unspecified atom stereocenters. The van der Waals surface area contributed by atoms with Gasteiger partial charge in [-0.15, -0.1) is 11.8 Å². The number of hydrogen-bond donors (Lipinski definition) is 1. The standard InChI is InChI=1S/C16H18FN3O3S3/c1-10-15(24-2)25-16(18-10)19-14(21)11-5-6-12(17)13(9-11)26(22,23)20-7-3-4-8-20/h5-6,9H,3-4,7-8H2,1-2H3,(H,18,19,21). The number of anilines is 1. The predicted molar refractivity (Wildman–Crippen MR) is 101 cm³/mol. The van der Waals surface area contributed by atoms with Crippen molar-refractivity contribution in [1.29, 1.82) is 0 Å². The first-order chi connectivity index (χ1) is 12.3. The van der Waals surface area contributed by atoms with Crippen molar-refractivity contribution < 1.29 is 17.6 Å². The minimum Gasteiger partial charge on any atom is -0.298 e. The fraction of sp³-hybridized carbons (Fsp3) is 0.375. The van der Waals surface area contributed by atoms with Crippen molar-refractivity contribution in [3.63, 3.8) is 0 Å². The normalized spacial score (nSPS) is 15.3. The zero-order valence-electron chi connectivity index (χ0n) is 14.3. The second-order valence-electron chi connectivity index (χ2n) is 5.81. The molecule has 1 saturated heterocycles. The van der Waals surface area contributed by atoms with E-state index in [1.54, 1.807) is 0 Å². The lowest BCUT2D eigenvalue weighted by molar-refractivity contribution is 0.102. The van der Waals surface area contributed by atoms with E-state index >= 15 is 0 Å². The molecule has 26 heavy (non-hydrogen) atoms. The van der Waals surface area contributed by atoms with E-state index in [1.165, 1.54) is 33.5 Å². The molecule has 6 nitrogen and oxygen atoms in total. The number of aryl methyl sites for hydroxylation is 1. The molecule has 1 aromatic carbocycles. The summed E-state index contributed by atoms with van der Waals surface area (Å²) in [4.78, 5) is 16.3. The molecule has 0 bridgehead atoms. The highest BCUT2D eigenvalue weighted by Crippen LogP contribution is 2.31. The number of sulfonamides is 1. The van der Waals surface area contributed by atoms with Crippen molar-refractivity contribution in [1.82, 2.24) is 9.29 Å². The second-order valence-corrected chi connectivity index (χ2v) is 9.79. The van der Waals surface area contributed by atoms with Crippen LogP contribution in [-0.2, 0) is 10.0 Å². The predicted octanol–water partition coefficient (Wildman–Crippen LogP) is 3.35. The number of nitrogens with zero attached hydrogens (tertiary/aromatic N) is 2. The number of rotatable bonds is 5. The molecule has 1 N–H and O–H groups in total. The van der Waals surface area contributed by atoms with Crippen LogP contribution < -0.4 is 5.32 Å². The van der Waals surface area contributed by atoms with E-state index in [2.05, 4.69) is 10.3 Å². The van der Waals surface area contributed by atoms with Crippen molar-refractivity contribution in [3.8, 4) is 0 Å². The number of hydrogen-bond acceptors (Lipinski definition) is 6. The molecule has 1 fully saturated rings. The van der Waals surface area contributed by atoms with Gasteiger partial charge in [-0.3, -0.25) is 10.1 Å². The summed E-state index contributed by atoms with van der Waals surface area (Å²) in [7, 11) is -3.94. The van der Waals surface area contributed by atoms with Gasteiger partial charge < -0.3 is 0 Å². The van der Waals surface area contributed by atoms with Crippen LogP contribution in [0.1, 0.15) is 28.9 Å². The number of carbonyl (C=O) groups excluding carboxylic acids is 1. The highest BCUT2D eigenvalue weighted by Gasteiger charge is 2.30. The number of thioether (sulfide) groups is 1. The van der Waals surface area contributed by atoms with Crippen molar-refractivity contribution >= 4 is 44.2 Å². The van der Waals surface area contributed by atoms with Gasteiger partial charge in [0, 0.05) is 18.7 Å². The molecule has 1 amide bonds. The lowest BCUT2D eigenvalue weighted by atomic mass is 10.2. The highest BCUT2D eigenvalue weighted by atomic mass is 32.2. The van der Waals surface area contributed by atoms with E-state index in [-0.39, 0.29) is 5.56 Å². The number of aromatic nitrogens is 1. The first-order valence-electron chi connectivity index (χ1n) is 7.95. The van der Waals surface area contributed by atoms with Crippen LogP contribution in [0.4, 0.5) is 9.52 Å². The van der Waals surface area contributed by atoms with Gasteiger partial charge in [0.1, 0.15) is 10.7 Å². The monoisotopic (exact) mass is 415 g/mol. The van der Waals surface area contributed by atoms with Crippen LogP contribution in [0.25, 0.3) is 0 Å². The van der Waals surface area contributed by atoms with Crippen LogP contribution in [0.3, 0.4) is 0 Å². The second kappa shape index (κ2) is 7.63. The maximum absolute atomic E-state index is 14.2. The lowest BCUT2D eigenvalue weighted by Gasteiger charge is -2.16. The highest BCUT2D eigenvalue weighted by molar-refractivity contribution is 8.00. The first kappa shape index (κ1) is 19.3. The molecule has 0 radical (unpaired) electrons. The van der Waals surface area contributed by atoms with Crippen LogP contribution in [-0.4, -0.2) is 43.0 Å². The third kappa shape index (κ3) is 3.78. The van der Waals surface area contributed by atoms with E-state index in [4.69, 9.17) is 0 Å². The number of benzene rings is 1. The van der Waals surface area contributed by atoms with E-state index in [0.29, 0.717) is 18.2 Å². The summed E-state index contributed by atoms with van der Waals surface area (Å²) in [5.74, 6) is -1.38. The molecule has 1 aliphatic heterocycles. The molecular formula is C16H18FN3O3S3. The fourth-order valence-electron chi connectivity index (χ4n) is 2.70. The van der Waals surface area contributed by atoms with Gasteiger partial charge in [0.05, 0.1) is 9.90 Å². The van der Waals surface area contributed by atoms with E-state index in [9.17, 15) is 17.6 Å². The number of halogens is 1. The van der Waals surface area contributed by atoms with Crippen LogP contribution in [0.2, 0.25) is 0 Å².